The number of anilines is 1. The van der Waals surface area contributed by atoms with Crippen molar-refractivity contribution in [1.82, 2.24) is 14.8 Å². The first kappa shape index (κ1) is 21.4. The van der Waals surface area contributed by atoms with Crippen molar-refractivity contribution in [2.24, 2.45) is 0 Å². The molecule has 2 aliphatic rings. The average Bonchev–Trinajstić information content (AvgIpc) is 3.36. The molecule has 2 atom stereocenters. The second kappa shape index (κ2) is 8.29. The first-order valence-corrected chi connectivity index (χ1v) is 11.5. The Morgan fingerprint density at radius 3 is 2.54 bits per heavy atom. The maximum atomic E-state index is 12.0. The van der Waals surface area contributed by atoms with Crippen molar-refractivity contribution in [3.8, 4) is 5.75 Å². The molecule has 0 amide bonds. The summed E-state index contributed by atoms with van der Waals surface area (Å²) in [4.78, 5) is 16.4. The molecule has 35 heavy (non-hydrogen) atoms. The number of methoxy groups -OCH3 is 1. The molecule has 0 fully saturated rings. The number of nitrogens with one attached hydrogen (secondary N) is 1. The van der Waals surface area contributed by atoms with Gasteiger partial charge in [-0.3, -0.25) is 0 Å². The summed E-state index contributed by atoms with van der Waals surface area (Å²) in [5.41, 5.74) is 6.33. The second-order valence-electron chi connectivity index (χ2n) is 8.55. The molecular weight excluding hydrogens is 464 g/mol. The van der Waals surface area contributed by atoms with Crippen molar-refractivity contribution in [2.45, 2.75) is 19.1 Å². The van der Waals surface area contributed by atoms with Gasteiger partial charge in [0.25, 0.3) is 0 Å². The van der Waals surface area contributed by atoms with Crippen molar-refractivity contribution < 1.29 is 14.3 Å². The number of hydrogen-bond acceptors (Lipinski definition) is 6. The Labute approximate surface area is 207 Å². The van der Waals surface area contributed by atoms with Gasteiger partial charge >= 0.3 is 5.97 Å². The van der Waals surface area contributed by atoms with Gasteiger partial charge in [0.15, 0.2) is 0 Å². The van der Waals surface area contributed by atoms with Crippen LogP contribution in [-0.4, -0.2) is 27.8 Å². The Hall–Kier alpha value is -4.10. The van der Waals surface area contributed by atoms with E-state index in [1.807, 2.05) is 35.0 Å². The molecule has 0 radical (unpaired) electrons. The normalized spacial score (nSPS) is 18.0. The van der Waals surface area contributed by atoms with Crippen molar-refractivity contribution in [3.05, 3.63) is 111 Å². The zero-order valence-corrected chi connectivity index (χ0v) is 19.8. The van der Waals surface area contributed by atoms with Crippen LogP contribution in [0.2, 0.25) is 5.02 Å². The molecule has 1 N–H and O–H groups in total. The van der Waals surface area contributed by atoms with Gasteiger partial charge in [0.05, 0.1) is 18.4 Å². The zero-order valence-electron chi connectivity index (χ0n) is 19.0. The largest absolute Gasteiger partial charge is 0.480 e. The van der Waals surface area contributed by atoms with E-state index in [0.29, 0.717) is 22.3 Å². The minimum atomic E-state index is -0.443. The Kier molecular flexibility index (Phi) is 5.07. The molecular formula is C27H21ClN4O3. The van der Waals surface area contributed by atoms with Crippen LogP contribution >= 0.6 is 11.6 Å². The molecule has 0 spiro atoms. The quantitative estimate of drug-likeness (QED) is 0.382. The summed E-state index contributed by atoms with van der Waals surface area (Å²) in [5.74, 6) is 0.963. The molecule has 3 aromatic carbocycles. The lowest BCUT2D eigenvalue weighted by Crippen LogP contribution is -2.32. The maximum Gasteiger partial charge on any atom is 0.337 e. The predicted molar refractivity (Wildman–Crippen MR) is 132 cm³/mol. The third-order valence-electron chi connectivity index (χ3n) is 6.40. The van der Waals surface area contributed by atoms with Crippen LogP contribution in [0.5, 0.6) is 5.75 Å². The van der Waals surface area contributed by atoms with Gasteiger partial charge in [-0.15, -0.1) is 0 Å². The number of esters is 1. The lowest BCUT2D eigenvalue weighted by molar-refractivity contribution is 0.0600. The van der Waals surface area contributed by atoms with Gasteiger partial charge in [0.1, 0.15) is 24.2 Å². The standard InChI is InChI=1S/C27H21ClN4O3/c1-15-3-5-16(6-4-15)24-22-23(31-27-29-14-30-32(24)27)20-13-19(28)11-12-21(20)35-25(22)17-7-9-18(10-8-17)26(33)34-2/h3-14,24-25H,1-2H3,(H,29,30,31)/t24-,25-/m0/s1. The number of rotatable bonds is 3. The summed E-state index contributed by atoms with van der Waals surface area (Å²) in [6.07, 6.45) is 1.10. The van der Waals surface area contributed by atoms with Crippen LogP contribution in [0.4, 0.5) is 5.95 Å². The van der Waals surface area contributed by atoms with Crippen LogP contribution in [0.15, 0.2) is 78.6 Å². The van der Waals surface area contributed by atoms with E-state index in [0.717, 1.165) is 28.0 Å². The highest BCUT2D eigenvalue weighted by Gasteiger charge is 2.41. The molecule has 3 heterocycles. The van der Waals surface area contributed by atoms with E-state index in [4.69, 9.17) is 21.1 Å². The molecule has 0 saturated carbocycles. The number of halogens is 1. The van der Waals surface area contributed by atoms with Crippen LogP contribution in [0.3, 0.4) is 0 Å². The van der Waals surface area contributed by atoms with E-state index in [2.05, 4.69) is 46.6 Å². The second-order valence-corrected chi connectivity index (χ2v) is 8.99. The Balaban J connectivity index is 1.57. The molecule has 7 nitrogen and oxygen atoms in total. The lowest BCUT2D eigenvalue weighted by atomic mass is 9.84. The van der Waals surface area contributed by atoms with Crippen LogP contribution in [0.25, 0.3) is 5.70 Å². The molecule has 0 saturated heterocycles. The first-order valence-electron chi connectivity index (χ1n) is 11.2. The van der Waals surface area contributed by atoms with Crippen molar-refractivity contribution in [2.75, 3.05) is 12.4 Å². The van der Waals surface area contributed by atoms with Gasteiger partial charge in [-0.2, -0.15) is 10.1 Å². The molecule has 8 heteroatoms. The summed E-state index contributed by atoms with van der Waals surface area (Å²) in [7, 11) is 1.37. The van der Waals surface area contributed by atoms with Crippen molar-refractivity contribution in [3.63, 3.8) is 0 Å². The topological polar surface area (TPSA) is 78.3 Å². The number of fused-ring (bicyclic) bond motifs is 3. The Morgan fingerprint density at radius 1 is 1.06 bits per heavy atom. The summed E-state index contributed by atoms with van der Waals surface area (Å²) < 4.78 is 13.3. The van der Waals surface area contributed by atoms with Crippen LogP contribution in [0, 0.1) is 6.92 Å². The van der Waals surface area contributed by atoms with Crippen molar-refractivity contribution in [1.29, 1.82) is 0 Å². The molecule has 0 unspecified atom stereocenters. The number of carbonyl (C=O) groups is 1. The van der Waals surface area contributed by atoms with E-state index in [1.165, 1.54) is 12.7 Å². The molecule has 0 aliphatic carbocycles. The maximum absolute atomic E-state index is 12.0. The summed E-state index contributed by atoms with van der Waals surface area (Å²) in [6, 6.07) is 21.0. The predicted octanol–water partition coefficient (Wildman–Crippen LogP) is 5.59. The minimum Gasteiger partial charge on any atom is -0.480 e. The molecule has 2 aliphatic heterocycles. The number of benzene rings is 3. The zero-order chi connectivity index (χ0) is 24.1. The number of hydrogen-bond donors (Lipinski definition) is 1. The van der Waals surface area contributed by atoms with E-state index >= 15 is 0 Å². The fourth-order valence-electron chi connectivity index (χ4n) is 4.70. The number of carbonyl (C=O) groups excluding carboxylic acids is 1. The third-order valence-corrected chi connectivity index (χ3v) is 6.64. The lowest BCUT2D eigenvalue weighted by Gasteiger charge is -2.39. The highest BCUT2D eigenvalue weighted by atomic mass is 35.5. The van der Waals surface area contributed by atoms with Crippen LogP contribution in [-0.2, 0) is 4.74 Å². The third kappa shape index (κ3) is 3.56. The van der Waals surface area contributed by atoms with E-state index < -0.39 is 6.10 Å². The number of ether oxygens (including phenoxy) is 2. The summed E-state index contributed by atoms with van der Waals surface area (Å²) in [5, 5.41) is 8.62. The SMILES string of the molecule is COC(=O)c1ccc([C@@H]2Oc3ccc(Cl)cc3C3=C2[C@H](c2ccc(C)cc2)n2ncnc2N3)cc1. The molecule has 0 bridgehead atoms. The summed E-state index contributed by atoms with van der Waals surface area (Å²) in [6.45, 7) is 2.06. The minimum absolute atomic E-state index is 0.262. The van der Waals surface area contributed by atoms with Gasteiger partial charge < -0.3 is 14.8 Å². The van der Waals surface area contributed by atoms with Gasteiger partial charge in [0, 0.05) is 16.2 Å². The first-order chi connectivity index (χ1) is 17.0. The van der Waals surface area contributed by atoms with Crippen molar-refractivity contribution >= 4 is 29.2 Å². The molecule has 174 valence electrons. The average molecular weight is 485 g/mol. The van der Waals surface area contributed by atoms with E-state index in [-0.39, 0.29) is 12.0 Å². The highest BCUT2D eigenvalue weighted by molar-refractivity contribution is 6.30. The fraction of sp³-hybridized carbons (Fsp3) is 0.148. The monoisotopic (exact) mass is 484 g/mol. The molecule has 1 aromatic heterocycles. The fourth-order valence-corrected chi connectivity index (χ4v) is 4.87. The highest BCUT2D eigenvalue weighted by Crippen LogP contribution is 2.51. The Morgan fingerprint density at radius 2 is 1.80 bits per heavy atom. The smallest absolute Gasteiger partial charge is 0.337 e. The van der Waals surface area contributed by atoms with Crippen LogP contribution < -0.4 is 10.1 Å². The Bertz CT molecular complexity index is 1480. The number of aromatic nitrogens is 3. The van der Waals surface area contributed by atoms with Crippen LogP contribution in [0.1, 0.15) is 44.8 Å². The van der Waals surface area contributed by atoms with Gasteiger partial charge in [0.2, 0.25) is 5.95 Å². The van der Waals surface area contributed by atoms with Gasteiger partial charge in [-0.05, 0) is 48.4 Å². The molecule has 4 aromatic rings. The van der Waals surface area contributed by atoms with E-state index in [9.17, 15) is 4.79 Å². The van der Waals surface area contributed by atoms with Gasteiger partial charge in [-0.1, -0.05) is 53.6 Å². The number of aryl methyl sites for hydroxylation is 1. The van der Waals surface area contributed by atoms with E-state index in [1.54, 1.807) is 18.5 Å². The summed E-state index contributed by atoms with van der Waals surface area (Å²) >= 11 is 6.39. The van der Waals surface area contributed by atoms with Gasteiger partial charge in [-0.25, -0.2) is 9.48 Å². The molecule has 6 rings (SSSR count). The number of nitrogens with zero attached hydrogens (tertiary/aromatic N) is 3.